The zero-order valence-corrected chi connectivity index (χ0v) is 10.6. The van der Waals surface area contributed by atoms with Crippen LogP contribution < -0.4 is 0 Å². The van der Waals surface area contributed by atoms with Crippen LogP contribution in [0.2, 0.25) is 0 Å². The van der Waals surface area contributed by atoms with E-state index in [-0.39, 0.29) is 5.41 Å². The van der Waals surface area contributed by atoms with Crippen LogP contribution in [-0.4, -0.2) is 16.3 Å². The minimum absolute atomic E-state index is 0.0807. The molecule has 1 aromatic rings. The Kier molecular flexibility index (Phi) is 2.45. The fraction of sp³-hybridized carbons (Fsp3) is 0.583. The molecule has 2 heterocycles. The van der Waals surface area contributed by atoms with E-state index < -0.39 is 0 Å². The molecule has 0 amide bonds. The second-order valence-corrected chi connectivity index (χ2v) is 5.25. The average Bonchev–Trinajstić information content (AvgIpc) is 2.70. The molecule has 0 radical (unpaired) electrons. The zero-order chi connectivity index (χ0) is 11.9. The average molecular weight is 218 g/mol. The van der Waals surface area contributed by atoms with Crippen LogP contribution >= 0.6 is 0 Å². The van der Waals surface area contributed by atoms with Crippen molar-refractivity contribution in [1.82, 2.24) is 9.78 Å². The van der Waals surface area contributed by atoms with Crippen molar-refractivity contribution in [3.8, 4) is 0 Å². The highest BCUT2D eigenvalue weighted by molar-refractivity contribution is 5.68. The molecule has 0 saturated heterocycles. The Balaban J connectivity index is 2.45. The quantitative estimate of drug-likeness (QED) is 0.714. The van der Waals surface area contributed by atoms with E-state index in [4.69, 9.17) is 0 Å². The van der Waals surface area contributed by atoms with Crippen LogP contribution in [0.15, 0.2) is 22.0 Å². The van der Waals surface area contributed by atoms with Gasteiger partial charge in [0.05, 0.1) is 23.6 Å². The van der Waals surface area contributed by atoms with Crippen molar-refractivity contribution in [1.29, 1.82) is 0 Å². The lowest BCUT2D eigenvalue weighted by molar-refractivity contribution is 0.552. The number of rotatable bonds is 1. The maximum absolute atomic E-state index is 4.56. The SMILES string of the molecule is CC1=C(c2cc(C(C)(C)C)nn2C)CN=N1. The first-order valence-electron chi connectivity index (χ1n) is 5.52. The fourth-order valence-electron chi connectivity index (χ4n) is 1.77. The molecule has 0 aliphatic carbocycles. The Labute approximate surface area is 96.1 Å². The summed E-state index contributed by atoms with van der Waals surface area (Å²) in [4.78, 5) is 0. The van der Waals surface area contributed by atoms with Gasteiger partial charge in [-0.1, -0.05) is 20.8 Å². The smallest absolute Gasteiger partial charge is 0.0892 e. The van der Waals surface area contributed by atoms with Crippen LogP contribution in [0, 0.1) is 0 Å². The summed E-state index contributed by atoms with van der Waals surface area (Å²) in [6.07, 6.45) is 0. The summed E-state index contributed by atoms with van der Waals surface area (Å²) < 4.78 is 1.93. The van der Waals surface area contributed by atoms with Crippen LogP contribution in [-0.2, 0) is 12.5 Å². The molecule has 4 heteroatoms. The summed E-state index contributed by atoms with van der Waals surface area (Å²) in [5.41, 5.74) is 4.51. The maximum atomic E-state index is 4.56. The van der Waals surface area contributed by atoms with E-state index in [0.717, 1.165) is 17.1 Å². The Morgan fingerprint density at radius 2 is 2.00 bits per heavy atom. The Hall–Kier alpha value is -1.45. The van der Waals surface area contributed by atoms with Gasteiger partial charge in [0, 0.05) is 18.0 Å². The van der Waals surface area contributed by atoms with Gasteiger partial charge in [-0.25, -0.2) is 0 Å². The molecule has 1 aliphatic heterocycles. The molecule has 0 atom stereocenters. The number of aryl methyl sites for hydroxylation is 1. The van der Waals surface area contributed by atoms with Crippen molar-refractivity contribution < 1.29 is 0 Å². The van der Waals surface area contributed by atoms with Crippen molar-refractivity contribution in [3.05, 3.63) is 23.2 Å². The molecule has 2 rings (SSSR count). The fourth-order valence-corrected chi connectivity index (χ4v) is 1.77. The molecule has 0 saturated carbocycles. The van der Waals surface area contributed by atoms with Gasteiger partial charge < -0.3 is 0 Å². The van der Waals surface area contributed by atoms with E-state index in [9.17, 15) is 0 Å². The normalized spacial score (nSPS) is 16.3. The molecule has 86 valence electrons. The minimum atomic E-state index is 0.0807. The molecule has 0 spiro atoms. The molecule has 0 aromatic carbocycles. The van der Waals surface area contributed by atoms with Crippen molar-refractivity contribution in [2.75, 3.05) is 6.54 Å². The van der Waals surface area contributed by atoms with Gasteiger partial charge in [0.15, 0.2) is 0 Å². The maximum Gasteiger partial charge on any atom is 0.0892 e. The number of aromatic nitrogens is 2. The molecule has 0 bridgehead atoms. The first-order chi connectivity index (χ1) is 7.39. The molecule has 0 unspecified atom stereocenters. The van der Waals surface area contributed by atoms with Gasteiger partial charge in [-0.2, -0.15) is 15.3 Å². The molecule has 0 N–H and O–H groups in total. The summed E-state index contributed by atoms with van der Waals surface area (Å²) >= 11 is 0. The summed E-state index contributed by atoms with van der Waals surface area (Å²) in [6.45, 7) is 9.18. The highest BCUT2D eigenvalue weighted by atomic mass is 15.3. The van der Waals surface area contributed by atoms with E-state index in [2.05, 4.69) is 42.2 Å². The first-order valence-corrected chi connectivity index (χ1v) is 5.52. The highest BCUT2D eigenvalue weighted by Crippen LogP contribution is 2.28. The zero-order valence-electron chi connectivity index (χ0n) is 10.6. The molecule has 16 heavy (non-hydrogen) atoms. The van der Waals surface area contributed by atoms with Gasteiger partial charge in [-0.15, -0.1) is 0 Å². The predicted molar refractivity (Wildman–Crippen MR) is 64.2 cm³/mol. The minimum Gasteiger partial charge on any atom is -0.268 e. The Bertz CT molecular complexity index is 472. The number of hydrogen-bond donors (Lipinski definition) is 0. The van der Waals surface area contributed by atoms with Gasteiger partial charge in [0.2, 0.25) is 0 Å². The third-order valence-corrected chi connectivity index (χ3v) is 2.84. The molecule has 1 aliphatic rings. The van der Waals surface area contributed by atoms with Gasteiger partial charge in [-0.3, -0.25) is 4.68 Å². The first kappa shape index (κ1) is 11.0. The molecular formula is C12H18N4. The number of allylic oxidation sites excluding steroid dienone is 1. The van der Waals surface area contributed by atoms with Crippen LogP contribution in [0.1, 0.15) is 39.1 Å². The second-order valence-electron chi connectivity index (χ2n) is 5.25. The summed E-state index contributed by atoms with van der Waals surface area (Å²) in [7, 11) is 1.98. The van der Waals surface area contributed by atoms with Crippen LogP contribution in [0.5, 0.6) is 0 Å². The number of nitrogens with zero attached hydrogens (tertiary/aromatic N) is 4. The molecule has 0 fully saturated rings. The van der Waals surface area contributed by atoms with E-state index in [0.29, 0.717) is 6.54 Å². The lowest BCUT2D eigenvalue weighted by Crippen LogP contribution is -2.12. The van der Waals surface area contributed by atoms with E-state index in [1.807, 2.05) is 18.7 Å². The summed E-state index contributed by atoms with van der Waals surface area (Å²) in [5, 5.41) is 12.7. The van der Waals surface area contributed by atoms with Crippen LogP contribution in [0.25, 0.3) is 5.57 Å². The second kappa shape index (κ2) is 3.54. The van der Waals surface area contributed by atoms with Crippen molar-refractivity contribution in [2.24, 2.45) is 17.3 Å². The van der Waals surface area contributed by atoms with E-state index in [1.165, 1.54) is 5.57 Å². The highest BCUT2D eigenvalue weighted by Gasteiger charge is 2.22. The van der Waals surface area contributed by atoms with Crippen LogP contribution in [0.4, 0.5) is 0 Å². The van der Waals surface area contributed by atoms with Gasteiger partial charge in [0.25, 0.3) is 0 Å². The Morgan fingerprint density at radius 1 is 1.31 bits per heavy atom. The van der Waals surface area contributed by atoms with Gasteiger partial charge in [0.1, 0.15) is 0 Å². The van der Waals surface area contributed by atoms with Gasteiger partial charge >= 0.3 is 0 Å². The van der Waals surface area contributed by atoms with Crippen molar-refractivity contribution in [2.45, 2.75) is 33.1 Å². The lowest BCUT2D eigenvalue weighted by atomic mass is 9.92. The van der Waals surface area contributed by atoms with Crippen molar-refractivity contribution in [3.63, 3.8) is 0 Å². The Morgan fingerprint density at radius 3 is 2.44 bits per heavy atom. The summed E-state index contributed by atoms with van der Waals surface area (Å²) in [5.74, 6) is 0. The number of azo groups is 1. The molecule has 1 aromatic heterocycles. The van der Waals surface area contributed by atoms with Gasteiger partial charge in [-0.05, 0) is 13.0 Å². The molecular weight excluding hydrogens is 200 g/mol. The number of hydrogen-bond acceptors (Lipinski definition) is 3. The van der Waals surface area contributed by atoms with E-state index >= 15 is 0 Å². The predicted octanol–water partition coefficient (Wildman–Crippen LogP) is 2.91. The molecule has 4 nitrogen and oxygen atoms in total. The summed E-state index contributed by atoms with van der Waals surface area (Å²) in [6, 6.07) is 2.15. The van der Waals surface area contributed by atoms with Crippen LogP contribution in [0.3, 0.4) is 0 Å². The van der Waals surface area contributed by atoms with Crippen molar-refractivity contribution >= 4 is 5.57 Å². The monoisotopic (exact) mass is 218 g/mol. The third kappa shape index (κ3) is 1.79. The third-order valence-electron chi connectivity index (χ3n) is 2.84. The largest absolute Gasteiger partial charge is 0.268 e. The standard InChI is InChI=1S/C12H18N4/c1-8-9(7-13-14-8)10-6-11(12(2,3)4)15-16(10)5/h6H,7H2,1-5H3. The van der Waals surface area contributed by atoms with E-state index in [1.54, 1.807) is 0 Å². The lowest BCUT2D eigenvalue weighted by Gasteiger charge is -2.13. The topological polar surface area (TPSA) is 42.5 Å².